The standard InChI is InChI=1S/C24H24F3N3O2/c1-16-7-9-17(10-8-16)22-14-20(29-32-22)23(31)28-15-21(30-11-2-3-12-30)18-5-4-6-19(13-18)24(25,26)27/h4-10,13-14,21H,2-3,11-12,15H2,1H3,(H,28,31)/t21-/m1/s1. The van der Waals surface area contributed by atoms with Crippen LogP contribution in [0.3, 0.4) is 0 Å². The topological polar surface area (TPSA) is 58.4 Å². The van der Waals surface area contributed by atoms with E-state index in [-0.39, 0.29) is 18.3 Å². The minimum absolute atomic E-state index is 0.129. The Morgan fingerprint density at radius 2 is 1.84 bits per heavy atom. The molecule has 1 N–H and O–H groups in total. The van der Waals surface area contributed by atoms with E-state index in [4.69, 9.17) is 4.52 Å². The molecule has 1 aliphatic heterocycles. The molecule has 0 radical (unpaired) electrons. The number of hydrogen-bond acceptors (Lipinski definition) is 4. The second-order valence-electron chi connectivity index (χ2n) is 8.03. The van der Waals surface area contributed by atoms with E-state index in [1.807, 2.05) is 31.2 Å². The Balaban J connectivity index is 1.49. The lowest BCUT2D eigenvalue weighted by atomic mass is 10.0. The fourth-order valence-corrected chi connectivity index (χ4v) is 3.95. The Morgan fingerprint density at radius 3 is 2.53 bits per heavy atom. The van der Waals surface area contributed by atoms with Crippen LogP contribution in [0.2, 0.25) is 0 Å². The van der Waals surface area contributed by atoms with Crippen LogP contribution >= 0.6 is 0 Å². The van der Waals surface area contributed by atoms with E-state index in [9.17, 15) is 18.0 Å². The highest BCUT2D eigenvalue weighted by Crippen LogP contribution is 2.32. The van der Waals surface area contributed by atoms with Gasteiger partial charge in [0.1, 0.15) is 0 Å². The van der Waals surface area contributed by atoms with Crippen LogP contribution in [0.15, 0.2) is 59.1 Å². The molecule has 0 unspecified atom stereocenters. The Hall–Kier alpha value is -3.13. The molecule has 2 aromatic carbocycles. The number of aromatic nitrogens is 1. The number of nitrogens with zero attached hydrogens (tertiary/aromatic N) is 2. The quantitative estimate of drug-likeness (QED) is 0.566. The molecule has 1 amide bonds. The van der Waals surface area contributed by atoms with Crippen molar-refractivity contribution in [3.63, 3.8) is 0 Å². The first-order valence-corrected chi connectivity index (χ1v) is 10.5. The van der Waals surface area contributed by atoms with Crippen molar-refractivity contribution in [2.45, 2.75) is 32.0 Å². The zero-order valence-electron chi connectivity index (χ0n) is 17.7. The summed E-state index contributed by atoms with van der Waals surface area (Å²) in [5.74, 6) is 0.0485. The summed E-state index contributed by atoms with van der Waals surface area (Å²) >= 11 is 0. The molecule has 5 nitrogen and oxygen atoms in total. The second kappa shape index (κ2) is 9.16. The normalized spacial score (nSPS) is 15.6. The average molecular weight is 443 g/mol. The summed E-state index contributed by atoms with van der Waals surface area (Å²) < 4.78 is 44.9. The molecule has 0 aliphatic carbocycles. The molecule has 1 saturated heterocycles. The Labute approximate surface area is 184 Å². The van der Waals surface area contributed by atoms with Gasteiger partial charge < -0.3 is 9.84 Å². The maximum Gasteiger partial charge on any atom is 0.416 e. The van der Waals surface area contributed by atoms with Crippen molar-refractivity contribution in [1.29, 1.82) is 0 Å². The summed E-state index contributed by atoms with van der Waals surface area (Å²) in [6.07, 6.45) is -2.46. The van der Waals surface area contributed by atoms with Gasteiger partial charge in [-0.1, -0.05) is 47.1 Å². The Bertz CT molecular complexity index is 1070. The maximum atomic E-state index is 13.2. The largest absolute Gasteiger partial charge is 0.416 e. The van der Waals surface area contributed by atoms with Gasteiger partial charge in [0.25, 0.3) is 5.91 Å². The van der Waals surface area contributed by atoms with Crippen LogP contribution in [0, 0.1) is 6.92 Å². The fourth-order valence-electron chi connectivity index (χ4n) is 3.95. The molecule has 0 spiro atoms. The SMILES string of the molecule is Cc1ccc(-c2cc(C(=O)NC[C@H](c3cccc(C(F)(F)F)c3)N3CCCC3)no2)cc1. The van der Waals surface area contributed by atoms with Gasteiger partial charge in [-0.25, -0.2) is 0 Å². The first kappa shape index (κ1) is 22.1. The van der Waals surface area contributed by atoms with Crippen molar-refractivity contribution in [3.05, 3.63) is 77.0 Å². The summed E-state index contributed by atoms with van der Waals surface area (Å²) in [6.45, 7) is 3.70. The van der Waals surface area contributed by atoms with Gasteiger partial charge >= 0.3 is 6.18 Å². The molecule has 0 saturated carbocycles. The van der Waals surface area contributed by atoms with E-state index >= 15 is 0 Å². The van der Waals surface area contributed by atoms with E-state index in [0.717, 1.165) is 43.1 Å². The van der Waals surface area contributed by atoms with E-state index in [1.165, 1.54) is 12.1 Å². The first-order valence-electron chi connectivity index (χ1n) is 10.5. The molecule has 0 bridgehead atoms. The molecule has 3 aromatic rings. The zero-order chi connectivity index (χ0) is 22.7. The number of likely N-dealkylation sites (tertiary alicyclic amines) is 1. The van der Waals surface area contributed by atoms with Crippen LogP contribution in [0.4, 0.5) is 13.2 Å². The Kier molecular flexibility index (Phi) is 6.32. The average Bonchev–Trinajstić information content (AvgIpc) is 3.47. The van der Waals surface area contributed by atoms with Crippen molar-refractivity contribution in [1.82, 2.24) is 15.4 Å². The number of alkyl halides is 3. The number of amides is 1. The predicted molar refractivity (Wildman–Crippen MR) is 114 cm³/mol. The zero-order valence-corrected chi connectivity index (χ0v) is 17.7. The lowest BCUT2D eigenvalue weighted by Crippen LogP contribution is -2.37. The van der Waals surface area contributed by atoms with Crippen LogP contribution in [0.5, 0.6) is 0 Å². The highest BCUT2D eigenvalue weighted by Gasteiger charge is 2.32. The van der Waals surface area contributed by atoms with Gasteiger partial charge in [0.2, 0.25) is 0 Å². The minimum Gasteiger partial charge on any atom is -0.355 e. The van der Waals surface area contributed by atoms with Crippen molar-refractivity contribution < 1.29 is 22.5 Å². The molecule has 1 atom stereocenters. The van der Waals surface area contributed by atoms with Crippen molar-refractivity contribution in [2.75, 3.05) is 19.6 Å². The number of carbonyl (C=O) groups excluding carboxylic acids is 1. The summed E-state index contributed by atoms with van der Waals surface area (Å²) in [5.41, 5.74) is 1.88. The molecule has 1 fully saturated rings. The van der Waals surface area contributed by atoms with Gasteiger partial charge in [-0.2, -0.15) is 13.2 Å². The third-order valence-electron chi connectivity index (χ3n) is 5.72. The van der Waals surface area contributed by atoms with Gasteiger partial charge in [-0.05, 0) is 50.6 Å². The van der Waals surface area contributed by atoms with Gasteiger partial charge in [0.15, 0.2) is 11.5 Å². The maximum absolute atomic E-state index is 13.2. The number of nitrogens with one attached hydrogen (secondary N) is 1. The number of hydrogen-bond donors (Lipinski definition) is 1. The molecule has 1 aromatic heterocycles. The number of halogens is 3. The third kappa shape index (κ3) is 5.02. The molecule has 4 rings (SSSR count). The Morgan fingerprint density at radius 1 is 1.12 bits per heavy atom. The second-order valence-corrected chi connectivity index (χ2v) is 8.03. The van der Waals surface area contributed by atoms with E-state index in [0.29, 0.717) is 11.3 Å². The van der Waals surface area contributed by atoms with Crippen LogP contribution in [0.1, 0.15) is 46.1 Å². The predicted octanol–water partition coefficient (Wildman–Crippen LogP) is 5.24. The summed E-state index contributed by atoms with van der Waals surface area (Å²) in [6, 6.07) is 14.2. The fraction of sp³-hybridized carbons (Fsp3) is 0.333. The summed E-state index contributed by atoms with van der Waals surface area (Å²) in [4.78, 5) is 14.8. The smallest absolute Gasteiger partial charge is 0.355 e. The van der Waals surface area contributed by atoms with Gasteiger partial charge in [0.05, 0.1) is 11.6 Å². The van der Waals surface area contributed by atoms with Crippen LogP contribution in [-0.4, -0.2) is 35.6 Å². The number of aryl methyl sites for hydroxylation is 1. The van der Waals surface area contributed by atoms with E-state index in [1.54, 1.807) is 12.1 Å². The highest BCUT2D eigenvalue weighted by molar-refractivity contribution is 5.93. The first-order chi connectivity index (χ1) is 15.3. The van der Waals surface area contributed by atoms with Gasteiger partial charge in [-0.3, -0.25) is 9.69 Å². The van der Waals surface area contributed by atoms with E-state index in [2.05, 4.69) is 15.4 Å². The molecular weight excluding hydrogens is 419 g/mol. The molecule has 8 heteroatoms. The number of carbonyl (C=O) groups is 1. The molecular formula is C24H24F3N3O2. The highest BCUT2D eigenvalue weighted by atomic mass is 19.4. The summed E-state index contributed by atoms with van der Waals surface area (Å²) in [7, 11) is 0. The van der Waals surface area contributed by atoms with Crippen molar-refractivity contribution in [3.8, 4) is 11.3 Å². The van der Waals surface area contributed by atoms with Crippen LogP contribution in [-0.2, 0) is 6.18 Å². The minimum atomic E-state index is -4.41. The molecule has 2 heterocycles. The summed E-state index contributed by atoms with van der Waals surface area (Å²) in [5, 5.41) is 6.68. The molecule has 1 aliphatic rings. The van der Waals surface area contributed by atoms with Gasteiger partial charge in [0, 0.05) is 18.2 Å². The third-order valence-corrected chi connectivity index (χ3v) is 5.72. The van der Waals surface area contributed by atoms with E-state index < -0.39 is 17.6 Å². The lowest BCUT2D eigenvalue weighted by Gasteiger charge is -2.28. The molecule has 32 heavy (non-hydrogen) atoms. The van der Waals surface area contributed by atoms with Crippen LogP contribution < -0.4 is 5.32 Å². The lowest BCUT2D eigenvalue weighted by molar-refractivity contribution is -0.137. The van der Waals surface area contributed by atoms with Crippen molar-refractivity contribution in [2.24, 2.45) is 0 Å². The number of benzene rings is 2. The molecule has 168 valence electrons. The van der Waals surface area contributed by atoms with Crippen molar-refractivity contribution >= 4 is 5.91 Å². The number of rotatable bonds is 6. The monoisotopic (exact) mass is 443 g/mol. The van der Waals surface area contributed by atoms with Crippen LogP contribution in [0.25, 0.3) is 11.3 Å². The van der Waals surface area contributed by atoms with Gasteiger partial charge in [-0.15, -0.1) is 0 Å².